The first-order valence-electron chi connectivity index (χ1n) is 8.07. The molecule has 1 amide bonds. The highest BCUT2D eigenvalue weighted by Gasteiger charge is 2.12. The Morgan fingerprint density at radius 1 is 1.13 bits per heavy atom. The number of nitrogens with zero attached hydrogens (tertiary/aromatic N) is 3. The van der Waals surface area contributed by atoms with Crippen molar-refractivity contribution in [1.29, 1.82) is 0 Å². The lowest BCUT2D eigenvalue weighted by atomic mass is 10.1. The van der Waals surface area contributed by atoms with Crippen LogP contribution < -0.4 is 5.32 Å². The van der Waals surface area contributed by atoms with Crippen molar-refractivity contribution >= 4 is 5.91 Å². The zero-order valence-corrected chi connectivity index (χ0v) is 14.7. The second-order valence-electron chi connectivity index (χ2n) is 6.03. The van der Waals surface area contributed by atoms with E-state index in [-0.39, 0.29) is 5.91 Å². The third kappa shape index (κ3) is 4.21. The van der Waals surface area contributed by atoms with E-state index in [1.807, 2.05) is 39.4 Å². The lowest BCUT2D eigenvalue weighted by Gasteiger charge is -2.06. The van der Waals surface area contributed by atoms with Crippen molar-refractivity contribution in [2.24, 2.45) is 7.05 Å². The molecule has 0 aliphatic heterocycles. The van der Waals surface area contributed by atoms with Gasteiger partial charge in [0.1, 0.15) is 5.76 Å². The second-order valence-corrected chi connectivity index (χ2v) is 6.03. The summed E-state index contributed by atoms with van der Waals surface area (Å²) in [7, 11) is 1.93. The molecule has 1 N–H and O–H groups in total. The Hall–Kier alpha value is -2.11. The van der Waals surface area contributed by atoms with Gasteiger partial charge < -0.3 is 9.84 Å². The summed E-state index contributed by atoms with van der Waals surface area (Å²) in [5, 5.41) is 11.3. The average Bonchev–Trinajstić information content (AvgIpc) is 2.94. The molecular formula is C17H26N4O2. The fourth-order valence-electron chi connectivity index (χ4n) is 2.86. The van der Waals surface area contributed by atoms with E-state index < -0.39 is 0 Å². The Balaban J connectivity index is 1.71. The van der Waals surface area contributed by atoms with Crippen LogP contribution in [0.3, 0.4) is 0 Å². The fraction of sp³-hybridized carbons (Fsp3) is 0.588. The molecule has 0 saturated carbocycles. The molecule has 6 nitrogen and oxygen atoms in total. The zero-order valence-electron chi connectivity index (χ0n) is 14.7. The summed E-state index contributed by atoms with van der Waals surface area (Å²) < 4.78 is 7.01. The predicted octanol–water partition coefficient (Wildman–Crippen LogP) is 2.32. The van der Waals surface area contributed by atoms with Gasteiger partial charge in [-0.25, -0.2) is 0 Å². The summed E-state index contributed by atoms with van der Waals surface area (Å²) >= 11 is 0. The van der Waals surface area contributed by atoms with Gasteiger partial charge >= 0.3 is 0 Å². The summed E-state index contributed by atoms with van der Waals surface area (Å²) in [6.45, 7) is 8.57. The number of amides is 1. The van der Waals surface area contributed by atoms with E-state index in [2.05, 4.69) is 15.6 Å². The third-order valence-electron chi connectivity index (χ3n) is 4.37. The monoisotopic (exact) mass is 318 g/mol. The molecular weight excluding hydrogens is 292 g/mol. The number of rotatable bonds is 7. The van der Waals surface area contributed by atoms with Gasteiger partial charge in [-0.05, 0) is 52.5 Å². The molecule has 6 heteroatoms. The molecule has 0 unspecified atom stereocenters. The highest BCUT2D eigenvalue weighted by molar-refractivity contribution is 5.76. The molecule has 0 bridgehead atoms. The normalized spacial score (nSPS) is 11.0. The van der Waals surface area contributed by atoms with E-state index in [0.717, 1.165) is 47.7 Å². The van der Waals surface area contributed by atoms with Crippen LogP contribution >= 0.6 is 0 Å². The largest absolute Gasteiger partial charge is 0.361 e. The van der Waals surface area contributed by atoms with E-state index in [0.29, 0.717) is 13.0 Å². The molecule has 0 atom stereocenters. The van der Waals surface area contributed by atoms with E-state index in [1.165, 1.54) is 5.56 Å². The summed E-state index contributed by atoms with van der Waals surface area (Å²) in [4.78, 5) is 12.0. The third-order valence-corrected chi connectivity index (χ3v) is 4.37. The van der Waals surface area contributed by atoms with Gasteiger partial charge in [-0.2, -0.15) is 5.10 Å². The van der Waals surface area contributed by atoms with Gasteiger partial charge in [-0.1, -0.05) is 5.16 Å². The molecule has 0 saturated heterocycles. The molecule has 2 aromatic rings. The van der Waals surface area contributed by atoms with Crippen LogP contribution in [0.15, 0.2) is 4.52 Å². The van der Waals surface area contributed by atoms with Gasteiger partial charge in [0.2, 0.25) is 5.91 Å². The van der Waals surface area contributed by atoms with Crippen LogP contribution in [0.2, 0.25) is 0 Å². The number of hydrogen-bond donors (Lipinski definition) is 1. The van der Waals surface area contributed by atoms with Crippen LogP contribution in [0.4, 0.5) is 0 Å². The average molecular weight is 318 g/mol. The maximum Gasteiger partial charge on any atom is 0.220 e. The number of carbonyl (C=O) groups is 1. The fourth-order valence-corrected chi connectivity index (χ4v) is 2.86. The Morgan fingerprint density at radius 3 is 2.43 bits per heavy atom. The Kier molecular flexibility index (Phi) is 5.58. The van der Waals surface area contributed by atoms with Crippen LogP contribution in [-0.4, -0.2) is 27.4 Å². The Bertz CT molecular complexity index is 666. The quantitative estimate of drug-likeness (QED) is 0.795. The maximum atomic E-state index is 12.0. The van der Waals surface area contributed by atoms with E-state index in [1.54, 1.807) is 0 Å². The lowest BCUT2D eigenvalue weighted by Crippen LogP contribution is -2.25. The van der Waals surface area contributed by atoms with Crippen LogP contribution in [0.25, 0.3) is 0 Å². The molecule has 0 aromatic carbocycles. The predicted molar refractivity (Wildman–Crippen MR) is 88.3 cm³/mol. The molecule has 0 radical (unpaired) electrons. The van der Waals surface area contributed by atoms with Gasteiger partial charge in [0.05, 0.1) is 11.4 Å². The number of aryl methyl sites for hydroxylation is 4. The maximum absolute atomic E-state index is 12.0. The van der Waals surface area contributed by atoms with Gasteiger partial charge in [-0.15, -0.1) is 0 Å². The number of aromatic nitrogens is 3. The molecule has 0 spiro atoms. The Morgan fingerprint density at radius 2 is 1.87 bits per heavy atom. The van der Waals surface area contributed by atoms with Crippen molar-refractivity contribution in [3.8, 4) is 0 Å². The van der Waals surface area contributed by atoms with Crippen molar-refractivity contribution in [2.45, 2.75) is 53.4 Å². The molecule has 0 aliphatic rings. The topological polar surface area (TPSA) is 73.0 Å². The Labute approximate surface area is 137 Å². The van der Waals surface area contributed by atoms with E-state index >= 15 is 0 Å². The highest BCUT2D eigenvalue weighted by Crippen LogP contribution is 2.15. The first-order chi connectivity index (χ1) is 10.9. The van der Waals surface area contributed by atoms with Crippen LogP contribution in [0.1, 0.15) is 46.8 Å². The molecule has 126 valence electrons. The van der Waals surface area contributed by atoms with Crippen molar-refractivity contribution in [3.63, 3.8) is 0 Å². The highest BCUT2D eigenvalue weighted by atomic mass is 16.5. The molecule has 23 heavy (non-hydrogen) atoms. The van der Waals surface area contributed by atoms with Crippen LogP contribution in [-0.2, 0) is 24.7 Å². The van der Waals surface area contributed by atoms with Crippen LogP contribution in [0.5, 0.6) is 0 Å². The zero-order chi connectivity index (χ0) is 17.0. The summed E-state index contributed by atoms with van der Waals surface area (Å²) in [5.74, 6) is 0.961. The standard InChI is InChI=1S/C17H26N4O2/c1-11-15(13(3)21(5)19-11)8-9-17(22)18-10-6-7-16-12(2)20-23-14(16)4/h6-10H2,1-5H3,(H,18,22). The molecule has 2 aromatic heterocycles. The number of carbonyl (C=O) groups excluding carboxylic acids is 1. The molecule has 2 heterocycles. The minimum Gasteiger partial charge on any atom is -0.361 e. The van der Waals surface area contributed by atoms with Gasteiger partial charge in [0.25, 0.3) is 0 Å². The SMILES string of the molecule is Cc1noc(C)c1CCCNC(=O)CCc1c(C)nn(C)c1C. The van der Waals surface area contributed by atoms with Gasteiger partial charge in [0, 0.05) is 31.3 Å². The first kappa shape index (κ1) is 17.2. The number of nitrogens with one attached hydrogen (secondary N) is 1. The first-order valence-corrected chi connectivity index (χ1v) is 8.07. The van der Waals surface area contributed by atoms with Gasteiger partial charge in [0.15, 0.2) is 0 Å². The molecule has 2 rings (SSSR count). The van der Waals surface area contributed by atoms with Crippen molar-refractivity contribution in [1.82, 2.24) is 20.3 Å². The van der Waals surface area contributed by atoms with Crippen molar-refractivity contribution < 1.29 is 9.32 Å². The molecule has 0 aliphatic carbocycles. The minimum atomic E-state index is 0.0893. The smallest absolute Gasteiger partial charge is 0.220 e. The van der Waals surface area contributed by atoms with E-state index in [9.17, 15) is 4.79 Å². The minimum absolute atomic E-state index is 0.0893. The summed E-state index contributed by atoms with van der Waals surface area (Å²) in [5.41, 5.74) is 5.42. The van der Waals surface area contributed by atoms with Crippen LogP contribution in [0, 0.1) is 27.7 Å². The summed E-state index contributed by atoms with van der Waals surface area (Å²) in [6, 6.07) is 0. The van der Waals surface area contributed by atoms with Gasteiger partial charge in [-0.3, -0.25) is 9.48 Å². The molecule has 0 fully saturated rings. The summed E-state index contributed by atoms with van der Waals surface area (Å²) in [6.07, 6.45) is 3.00. The number of hydrogen-bond acceptors (Lipinski definition) is 4. The lowest BCUT2D eigenvalue weighted by molar-refractivity contribution is -0.121. The second kappa shape index (κ2) is 7.44. The van der Waals surface area contributed by atoms with E-state index in [4.69, 9.17) is 4.52 Å². The van der Waals surface area contributed by atoms with Crippen molar-refractivity contribution in [2.75, 3.05) is 6.54 Å². The van der Waals surface area contributed by atoms with Crippen molar-refractivity contribution in [3.05, 3.63) is 34.0 Å².